The lowest BCUT2D eigenvalue weighted by molar-refractivity contribution is 0.0990. The molecule has 4 amide bonds. The van der Waals surface area contributed by atoms with Crippen molar-refractivity contribution in [2.45, 2.75) is 52.4 Å². The van der Waals surface area contributed by atoms with Crippen LogP contribution in [0.1, 0.15) is 87.6 Å². The van der Waals surface area contributed by atoms with Gasteiger partial charge in [0.2, 0.25) is 0 Å². The van der Waals surface area contributed by atoms with Gasteiger partial charge in [-0.25, -0.2) is 0 Å². The van der Waals surface area contributed by atoms with E-state index in [0.717, 1.165) is 70.7 Å². The topological polar surface area (TPSA) is 144 Å². The number of amides is 4. The van der Waals surface area contributed by atoms with Gasteiger partial charge in [-0.3, -0.25) is 19.2 Å². The maximum atomic E-state index is 13.0. The lowest BCUT2D eigenvalue weighted by Crippen LogP contribution is -2.19. The zero-order valence-electron chi connectivity index (χ0n) is 20.6. The predicted octanol–water partition coefficient (Wildman–Crippen LogP) is 4.82. The molecule has 37 heavy (non-hydrogen) atoms. The number of nitrogens with two attached hydrogens (primary N) is 2. The highest BCUT2D eigenvalue weighted by atomic mass is 32.1. The molecule has 3 heterocycles. The van der Waals surface area contributed by atoms with Crippen LogP contribution in [-0.4, -0.2) is 23.6 Å². The van der Waals surface area contributed by atoms with Crippen molar-refractivity contribution in [3.63, 3.8) is 0 Å². The minimum atomic E-state index is -0.549. The fraction of sp³-hybridized carbons (Fsp3) is 0.385. The molecule has 0 bridgehead atoms. The number of rotatable bonds is 6. The molecular weight excluding hydrogens is 529 g/mol. The van der Waals surface area contributed by atoms with Gasteiger partial charge in [-0.1, -0.05) is 13.8 Å². The number of nitrogens with one attached hydrogen (secondary N) is 2. The summed E-state index contributed by atoms with van der Waals surface area (Å²) in [4.78, 5) is 53.3. The van der Waals surface area contributed by atoms with E-state index in [1.807, 2.05) is 0 Å². The summed E-state index contributed by atoms with van der Waals surface area (Å²) in [6.45, 7) is 4.34. The summed E-state index contributed by atoms with van der Waals surface area (Å²) in [5, 5.41) is 6.60. The van der Waals surface area contributed by atoms with Gasteiger partial charge in [0, 0.05) is 9.75 Å². The fourth-order valence-electron chi connectivity index (χ4n) is 5.11. The van der Waals surface area contributed by atoms with Crippen LogP contribution in [0.15, 0.2) is 12.1 Å². The smallest absolute Gasteiger partial charge is 0.266 e. The zero-order valence-corrected chi connectivity index (χ0v) is 23.0. The van der Waals surface area contributed by atoms with Crippen LogP contribution in [0.3, 0.4) is 0 Å². The monoisotopic (exact) mass is 556 g/mol. The van der Waals surface area contributed by atoms with Gasteiger partial charge in [-0.05, 0) is 73.6 Å². The van der Waals surface area contributed by atoms with Crippen LogP contribution in [0.2, 0.25) is 0 Å². The molecule has 0 aromatic carbocycles. The highest BCUT2D eigenvalue weighted by molar-refractivity contribution is 7.18. The number of carbonyl (C=O) groups excluding carboxylic acids is 4. The van der Waals surface area contributed by atoms with Crippen molar-refractivity contribution >= 4 is 67.6 Å². The molecular formula is C26H28N4O4S3. The second-order valence-corrected chi connectivity index (χ2v) is 13.2. The molecule has 6 N–H and O–H groups in total. The molecule has 8 nitrogen and oxygen atoms in total. The van der Waals surface area contributed by atoms with Gasteiger partial charge in [-0.15, -0.1) is 34.0 Å². The van der Waals surface area contributed by atoms with E-state index in [-0.39, 0.29) is 0 Å². The van der Waals surface area contributed by atoms with E-state index in [1.54, 1.807) is 12.1 Å². The van der Waals surface area contributed by atoms with Crippen molar-refractivity contribution in [1.82, 2.24) is 0 Å². The molecule has 3 aromatic rings. The van der Waals surface area contributed by atoms with E-state index in [1.165, 1.54) is 22.7 Å². The largest absolute Gasteiger partial charge is 0.365 e. The van der Waals surface area contributed by atoms with Crippen molar-refractivity contribution < 1.29 is 19.2 Å². The summed E-state index contributed by atoms with van der Waals surface area (Å²) < 4.78 is 0. The molecule has 0 spiro atoms. The summed E-state index contributed by atoms with van der Waals surface area (Å²) in [5.41, 5.74) is 14.0. The number of primary amides is 2. The third-order valence-corrected chi connectivity index (χ3v) is 10.4. The summed E-state index contributed by atoms with van der Waals surface area (Å²) in [5.74, 6) is -0.880. The number of anilines is 2. The van der Waals surface area contributed by atoms with Gasteiger partial charge in [0.05, 0.1) is 20.9 Å². The molecule has 0 aliphatic heterocycles. The lowest BCUT2D eigenvalue weighted by atomic mass is 9.88. The first-order valence-electron chi connectivity index (χ1n) is 12.2. The first-order chi connectivity index (χ1) is 17.6. The Balaban J connectivity index is 1.34. The number of hydrogen-bond donors (Lipinski definition) is 4. The van der Waals surface area contributed by atoms with Gasteiger partial charge < -0.3 is 22.1 Å². The molecule has 194 valence electrons. The van der Waals surface area contributed by atoms with Crippen molar-refractivity contribution in [2.75, 3.05) is 10.6 Å². The SMILES string of the molecule is CC1CCc2c(sc(NC(=O)c3ccc(C(=O)Nc4sc5c(c4C(N)=O)CCC(C)C5)s3)c2C(N)=O)C1. The van der Waals surface area contributed by atoms with E-state index in [0.29, 0.717) is 42.7 Å². The quantitative estimate of drug-likeness (QED) is 0.345. The molecule has 0 fully saturated rings. The van der Waals surface area contributed by atoms with Crippen molar-refractivity contribution in [3.8, 4) is 0 Å². The molecule has 3 aromatic heterocycles. The number of hydrogen-bond acceptors (Lipinski definition) is 7. The van der Waals surface area contributed by atoms with E-state index in [4.69, 9.17) is 11.5 Å². The Morgan fingerprint density at radius 3 is 1.51 bits per heavy atom. The number of fused-ring (bicyclic) bond motifs is 2. The molecule has 0 saturated heterocycles. The first-order valence-corrected chi connectivity index (χ1v) is 14.7. The Bertz CT molecular complexity index is 1330. The average molecular weight is 557 g/mol. The molecule has 2 aliphatic carbocycles. The van der Waals surface area contributed by atoms with Crippen LogP contribution in [-0.2, 0) is 25.7 Å². The van der Waals surface area contributed by atoms with Crippen LogP contribution in [0, 0.1) is 11.8 Å². The van der Waals surface area contributed by atoms with Crippen LogP contribution >= 0.6 is 34.0 Å². The van der Waals surface area contributed by atoms with Crippen molar-refractivity contribution in [2.24, 2.45) is 23.3 Å². The van der Waals surface area contributed by atoms with Crippen LogP contribution in [0.4, 0.5) is 10.0 Å². The summed E-state index contributed by atoms with van der Waals surface area (Å²) in [6.07, 6.45) is 5.20. The minimum Gasteiger partial charge on any atom is -0.365 e. The predicted molar refractivity (Wildman–Crippen MR) is 148 cm³/mol. The van der Waals surface area contributed by atoms with Gasteiger partial charge in [0.15, 0.2) is 0 Å². The highest BCUT2D eigenvalue weighted by Gasteiger charge is 2.29. The van der Waals surface area contributed by atoms with Gasteiger partial charge in [0.25, 0.3) is 23.6 Å². The fourth-order valence-corrected chi connectivity index (χ4v) is 8.73. The molecule has 2 aliphatic rings. The number of thiophene rings is 3. The third-order valence-electron chi connectivity index (χ3n) is 7.02. The zero-order chi connectivity index (χ0) is 26.4. The summed E-state index contributed by atoms with van der Waals surface area (Å²) >= 11 is 3.84. The van der Waals surface area contributed by atoms with Crippen molar-refractivity contribution in [3.05, 3.63) is 53.9 Å². The van der Waals surface area contributed by atoms with Gasteiger partial charge >= 0.3 is 0 Å². The summed E-state index contributed by atoms with van der Waals surface area (Å²) in [7, 11) is 0. The van der Waals surface area contributed by atoms with Gasteiger partial charge in [-0.2, -0.15) is 0 Å². The molecule has 5 rings (SSSR count). The van der Waals surface area contributed by atoms with E-state index < -0.39 is 23.6 Å². The highest BCUT2D eigenvalue weighted by Crippen LogP contribution is 2.41. The van der Waals surface area contributed by atoms with Crippen molar-refractivity contribution in [1.29, 1.82) is 0 Å². The van der Waals surface area contributed by atoms with Crippen LogP contribution in [0.25, 0.3) is 0 Å². The average Bonchev–Trinajstić information content (AvgIpc) is 3.53. The summed E-state index contributed by atoms with van der Waals surface area (Å²) in [6, 6.07) is 3.15. The molecule has 2 atom stereocenters. The maximum absolute atomic E-state index is 13.0. The third kappa shape index (κ3) is 4.95. The normalized spacial score (nSPS) is 18.5. The van der Waals surface area contributed by atoms with Crippen LogP contribution in [0.5, 0.6) is 0 Å². The molecule has 0 saturated carbocycles. The Kier molecular flexibility index (Phi) is 6.95. The lowest BCUT2D eigenvalue weighted by Gasteiger charge is -2.18. The molecule has 0 radical (unpaired) electrons. The van der Waals surface area contributed by atoms with E-state index in [2.05, 4.69) is 24.5 Å². The molecule has 2 unspecified atom stereocenters. The Morgan fingerprint density at radius 2 is 1.14 bits per heavy atom. The van der Waals surface area contributed by atoms with Gasteiger partial charge in [0.1, 0.15) is 10.0 Å². The first kappa shape index (κ1) is 25.6. The Morgan fingerprint density at radius 1 is 0.730 bits per heavy atom. The van der Waals surface area contributed by atoms with Crippen LogP contribution < -0.4 is 22.1 Å². The minimum absolute atomic E-state index is 0.328. The van der Waals surface area contributed by atoms with E-state index in [9.17, 15) is 19.2 Å². The second-order valence-electron chi connectivity index (χ2n) is 9.91. The molecule has 11 heteroatoms. The second kappa shape index (κ2) is 10.0. The maximum Gasteiger partial charge on any atom is 0.266 e. The number of carbonyl (C=O) groups is 4. The van der Waals surface area contributed by atoms with E-state index >= 15 is 0 Å². The Labute approximate surface area is 226 Å². The standard InChI is InChI=1S/C26H28N4O4S3/c1-11-3-5-13-17(9-11)36-25(19(13)21(27)31)29-23(33)15-7-8-16(35-15)24(34)30-26-20(22(28)32)14-6-4-12(2)10-18(14)37-26/h7-8,11-12H,3-6,9-10H2,1-2H3,(H2,27,31)(H2,28,32)(H,29,33)(H,30,34). The Hall–Kier alpha value is -3.02.